The lowest BCUT2D eigenvalue weighted by Crippen LogP contribution is -2.32. The number of nitrogens with zero attached hydrogens (tertiary/aromatic N) is 4. The summed E-state index contributed by atoms with van der Waals surface area (Å²) in [6.45, 7) is 10.1. The van der Waals surface area contributed by atoms with Gasteiger partial charge in [0.25, 0.3) is 0 Å². The molecule has 6 heteroatoms. The van der Waals surface area contributed by atoms with Crippen molar-refractivity contribution < 1.29 is 4.74 Å². The van der Waals surface area contributed by atoms with Crippen molar-refractivity contribution in [3.8, 4) is 28.3 Å². The van der Waals surface area contributed by atoms with Gasteiger partial charge in [-0.25, -0.2) is 6.35 Å². The molecule has 12 rings (SSSR count). The predicted octanol–water partition coefficient (Wildman–Crippen LogP) is 14.5. The molecule has 0 saturated carbocycles. The Kier molecular flexibility index (Phi) is 8.77. The van der Waals surface area contributed by atoms with Crippen molar-refractivity contribution in [3.05, 3.63) is 219 Å². The van der Waals surface area contributed by atoms with Crippen molar-refractivity contribution in [1.82, 2.24) is 0 Å². The standard InChI is InChI=1S/C57H45IN4O/c1-56(2)48-15-7-5-13-39(48)43(40-14-6-8-16-49(40)56)25-36-26-44-45-27-37(33-62-52-19-11-9-17-50(52)57(3,4)51-18-10-12-20-53(51)62)41(35-23-21-34(30-59)22-24-35)28-46(45)54-55(63-54)47(44)29-42(36)38-31-60-58-61-32-38/h5-24,26-29,31-32,43,54-55H,25,33H2,1-4H3. The summed E-state index contributed by atoms with van der Waals surface area (Å²) in [5.41, 5.74) is 23.1. The van der Waals surface area contributed by atoms with Gasteiger partial charge in [0.2, 0.25) is 0 Å². The average Bonchev–Trinajstić information content (AvgIpc) is 4.14. The normalized spacial score (nSPS) is 19.1. The van der Waals surface area contributed by atoms with Gasteiger partial charge in [-0.2, -0.15) is 5.26 Å². The Morgan fingerprint density at radius 1 is 0.603 bits per heavy atom. The van der Waals surface area contributed by atoms with E-state index in [9.17, 15) is 5.26 Å². The molecule has 7 aromatic carbocycles. The summed E-state index contributed by atoms with van der Waals surface area (Å²) in [7, 11) is 0. The van der Waals surface area contributed by atoms with Gasteiger partial charge in [0.05, 0.1) is 11.6 Å². The van der Waals surface area contributed by atoms with Crippen LogP contribution in [0.3, 0.4) is 0 Å². The molecule has 0 bridgehead atoms. The minimum atomic E-state index is -0.562. The number of benzene rings is 7. The molecule has 0 N–H and O–H groups in total. The fourth-order valence-electron chi connectivity index (χ4n) is 11.3. The van der Waals surface area contributed by atoms with Gasteiger partial charge in [-0.15, -0.1) is 0 Å². The van der Waals surface area contributed by atoms with Crippen LogP contribution in [-0.4, -0.2) is 6.21 Å². The van der Waals surface area contributed by atoms with E-state index in [4.69, 9.17) is 11.1 Å². The van der Waals surface area contributed by atoms with Gasteiger partial charge in [0.1, 0.15) is 33.5 Å². The minimum absolute atomic E-state index is 0.0227. The van der Waals surface area contributed by atoms with Crippen LogP contribution in [0.1, 0.15) is 113 Å². The molecule has 2 aliphatic carbocycles. The fraction of sp³-hybridized carbons (Fsp3) is 0.193. The second kappa shape index (κ2) is 14.4. The van der Waals surface area contributed by atoms with Crippen LogP contribution in [0, 0.1) is 11.3 Å². The summed E-state index contributed by atoms with van der Waals surface area (Å²) in [5.74, 6) is 0.179. The first kappa shape index (κ1) is 38.4. The summed E-state index contributed by atoms with van der Waals surface area (Å²) in [6.07, 6.45) is 4.89. The van der Waals surface area contributed by atoms with Crippen LogP contribution in [-0.2, 0) is 28.5 Å². The van der Waals surface area contributed by atoms with Crippen LogP contribution in [0.4, 0.5) is 11.4 Å². The Labute approximate surface area is 380 Å². The maximum Gasteiger partial charge on any atom is 0.142 e. The van der Waals surface area contributed by atoms with Crippen molar-refractivity contribution in [3.63, 3.8) is 0 Å². The predicted molar refractivity (Wildman–Crippen MR) is 263 cm³/mol. The number of rotatable bonds is 6. The largest absolute Gasteiger partial charge is 0.359 e. The van der Waals surface area contributed by atoms with Crippen LogP contribution >= 0.6 is 21.3 Å². The molecule has 1 saturated heterocycles. The van der Waals surface area contributed by atoms with Gasteiger partial charge in [-0.3, -0.25) is 0 Å². The van der Waals surface area contributed by atoms with Gasteiger partial charge < -0.3 is 9.64 Å². The maximum atomic E-state index is 9.75. The number of allylic oxidation sites excluding steroid dienone is 1. The monoisotopic (exact) mass is 928 g/mol. The number of nitriles is 1. The van der Waals surface area contributed by atoms with Gasteiger partial charge in [0.15, 0.2) is 0 Å². The third-order valence-corrected chi connectivity index (χ3v) is 15.6. The lowest BCUT2D eigenvalue weighted by Gasteiger charge is -2.42. The van der Waals surface area contributed by atoms with Gasteiger partial charge in [-0.05, 0) is 132 Å². The fourth-order valence-corrected chi connectivity index (χ4v) is 12.3. The molecule has 306 valence electrons. The molecular formula is C57H45IN4O. The topological polar surface area (TPSA) is 64.3 Å². The Hall–Kier alpha value is -6.27. The second-order valence-corrected chi connectivity index (χ2v) is 20.2. The lowest BCUT2D eigenvalue weighted by molar-refractivity contribution is 0.380. The zero-order chi connectivity index (χ0) is 42.6. The van der Waals surface area contributed by atoms with Gasteiger partial charge in [-0.1, -0.05) is 131 Å². The highest BCUT2D eigenvalue weighted by Crippen LogP contribution is 2.61. The van der Waals surface area contributed by atoms with Crippen LogP contribution < -0.4 is 4.90 Å². The molecule has 5 aliphatic rings. The molecule has 0 radical (unpaired) electrons. The highest BCUT2D eigenvalue weighted by Gasteiger charge is 2.49. The van der Waals surface area contributed by atoms with Crippen molar-refractivity contribution in [2.75, 3.05) is 4.90 Å². The number of ether oxygens (including phenoxy) is 1. The molecule has 0 aromatic heterocycles. The van der Waals surface area contributed by atoms with Crippen LogP contribution in [0.15, 0.2) is 158 Å². The van der Waals surface area contributed by atoms with E-state index in [2.05, 4.69) is 185 Å². The zero-order valence-corrected chi connectivity index (χ0v) is 37.9. The molecule has 0 spiro atoms. The van der Waals surface area contributed by atoms with E-state index in [0.717, 1.165) is 17.6 Å². The number of halogens is 1. The molecule has 0 amide bonds. The van der Waals surface area contributed by atoms with Crippen molar-refractivity contribution in [1.29, 1.82) is 5.26 Å². The van der Waals surface area contributed by atoms with Crippen LogP contribution in [0.25, 0.3) is 27.8 Å². The van der Waals surface area contributed by atoms with E-state index < -0.39 is 21.3 Å². The maximum absolute atomic E-state index is 9.75. The minimum Gasteiger partial charge on any atom is -0.359 e. The third-order valence-electron chi connectivity index (χ3n) is 14.6. The summed E-state index contributed by atoms with van der Waals surface area (Å²) in [5, 5.41) is 9.75. The first-order valence-electron chi connectivity index (χ1n) is 21.9. The zero-order valence-electron chi connectivity index (χ0n) is 35.7. The smallest absolute Gasteiger partial charge is 0.142 e. The highest BCUT2D eigenvalue weighted by molar-refractivity contribution is 14.1. The van der Waals surface area contributed by atoms with Crippen LogP contribution in [0.5, 0.6) is 0 Å². The molecule has 5 nitrogen and oxygen atoms in total. The second-order valence-electron chi connectivity index (χ2n) is 18.6. The Morgan fingerprint density at radius 3 is 1.73 bits per heavy atom. The van der Waals surface area contributed by atoms with Gasteiger partial charge in [0, 0.05) is 52.7 Å². The number of fused-ring (bicyclic) bond motifs is 10. The van der Waals surface area contributed by atoms with Crippen molar-refractivity contribution >= 4 is 44.5 Å². The summed E-state index contributed by atoms with van der Waals surface area (Å²) in [6, 6.07) is 56.1. The molecule has 2 atom stereocenters. The molecule has 63 heavy (non-hydrogen) atoms. The summed E-state index contributed by atoms with van der Waals surface area (Å²) < 4.78 is 16.2. The quantitative estimate of drug-likeness (QED) is 0.123. The average molecular weight is 929 g/mol. The molecule has 1 fully saturated rings. The SMILES string of the molecule is CC1(C)c2ccccc2C(Cc2cc3c(cc2C2=CN=IN=C2)C2OC2c2cc(-c4ccc(C#N)cc4)c(CN4c5ccccc5C(C)(C)c5ccccc54)cc2-3)c2ccccc21. The summed E-state index contributed by atoms with van der Waals surface area (Å²) >= 11 is -0.562. The number of epoxide rings is 1. The molecule has 3 aliphatic heterocycles. The lowest BCUT2D eigenvalue weighted by atomic mass is 9.64. The van der Waals surface area contributed by atoms with Crippen LogP contribution in [0.2, 0.25) is 0 Å². The molecule has 3 heterocycles. The van der Waals surface area contributed by atoms with E-state index in [0.29, 0.717) is 12.1 Å². The number of anilines is 2. The summed E-state index contributed by atoms with van der Waals surface area (Å²) in [4.78, 5) is 2.51. The first-order chi connectivity index (χ1) is 30.7. The van der Waals surface area contributed by atoms with Crippen molar-refractivity contribution in [2.45, 2.75) is 69.6 Å². The number of hydrogen-bond acceptors (Lipinski definition) is 5. The number of hydrogen-bond donors (Lipinski definition) is 0. The van der Waals surface area contributed by atoms with E-state index >= 15 is 0 Å². The van der Waals surface area contributed by atoms with E-state index in [1.165, 1.54) is 89.3 Å². The van der Waals surface area contributed by atoms with E-state index in [-0.39, 0.29) is 29.0 Å². The van der Waals surface area contributed by atoms with E-state index in [1.807, 2.05) is 12.1 Å². The molecule has 7 aromatic rings. The highest BCUT2D eigenvalue weighted by atomic mass is 127. The Morgan fingerprint density at radius 2 is 1.14 bits per heavy atom. The third kappa shape index (κ3) is 6.00. The Balaban J connectivity index is 1.06. The Bertz CT molecular complexity index is 3100. The van der Waals surface area contributed by atoms with E-state index in [1.54, 1.807) is 0 Å². The van der Waals surface area contributed by atoms with Gasteiger partial charge >= 0.3 is 0 Å². The van der Waals surface area contributed by atoms with Crippen molar-refractivity contribution in [2.24, 2.45) is 6.35 Å². The first-order valence-corrected chi connectivity index (χ1v) is 23.9. The number of para-hydroxylation sites is 2. The molecule has 2 unspecified atom stereocenters. The molecular weight excluding hydrogens is 884 g/mol.